The second-order valence-corrected chi connectivity index (χ2v) is 14.7. The van der Waals surface area contributed by atoms with Gasteiger partial charge in [-0.15, -0.1) is 0 Å². The summed E-state index contributed by atoms with van der Waals surface area (Å²) in [5.41, 5.74) is 3.13. The fourth-order valence-corrected chi connectivity index (χ4v) is 8.77. The molecule has 3 heterocycles. The standard InChI is InChI=1S/C30H36F5N5O4S/c1-15-11-38(12-16(2)40(15)28(42)44-29(3,4)5)26-19-7-17(30(33,34)35)8-24-25(19)39(27(41)37-26)13-18(43-6)14-45(24)23-10-22(36)20(31)9-21(23)32/h7-10,15-16,18,45H,11-14,36H2,1-6H3/t15-,16+,18-/m0/s1. The van der Waals surface area contributed by atoms with E-state index in [2.05, 4.69) is 4.98 Å². The van der Waals surface area contributed by atoms with Crippen LogP contribution < -0.4 is 16.3 Å². The monoisotopic (exact) mass is 657 g/mol. The Labute approximate surface area is 259 Å². The van der Waals surface area contributed by atoms with E-state index in [4.69, 9.17) is 15.2 Å². The van der Waals surface area contributed by atoms with Gasteiger partial charge in [-0.05, 0) is 52.8 Å². The van der Waals surface area contributed by atoms with Crippen molar-refractivity contribution >= 4 is 39.4 Å². The number of ether oxygens (including phenoxy) is 2. The number of rotatable bonds is 3. The van der Waals surface area contributed by atoms with Crippen LogP contribution in [0.1, 0.15) is 40.2 Å². The van der Waals surface area contributed by atoms with E-state index in [0.29, 0.717) is 6.07 Å². The van der Waals surface area contributed by atoms with Crippen LogP contribution in [0, 0.1) is 11.6 Å². The maximum absolute atomic E-state index is 15.3. The predicted molar refractivity (Wildman–Crippen MR) is 162 cm³/mol. The first-order valence-electron chi connectivity index (χ1n) is 14.4. The molecule has 0 spiro atoms. The van der Waals surface area contributed by atoms with Gasteiger partial charge in [0.15, 0.2) is 0 Å². The lowest BCUT2D eigenvalue weighted by atomic mass is 10.1. The van der Waals surface area contributed by atoms with E-state index in [1.54, 1.807) is 44.4 Å². The van der Waals surface area contributed by atoms with Crippen molar-refractivity contribution in [1.29, 1.82) is 0 Å². The molecule has 1 unspecified atom stereocenters. The van der Waals surface area contributed by atoms with Crippen LogP contribution in [-0.4, -0.2) is 70.3 Å². The molecule has 0 saturated carbocycles. The smallest absolute Gasteiger partial charge is 0.416 e. The number of nitrogens with zero attached hydrogens (tertiary/aromatic N) is 4. The Morgan fingerprint density at radius 3 is 2.22 bits per heavy atom. The molecule has 0 bridgehead atoms. The molecular weight excluding hydrogens is 621 g/mol. The Balaban J connectivity index is 1.73. The minimum atomic E-state index is -4.80. The molecule has 2 aliphatic rings. The lowest BCUT2D eigenvalue weighted by Crippen LogP contribution is -2.59. The number of thiol groups is 1. The van der Waals surface area contributed by atoms with Crippen molar-refractivity contribution in [3.63, 3.8) is 0 Å². The van der Waals surface area contributed by atoms with E-state index in [-0.39, 0.29) is 57.6 Å². The second kappa shape index (κ2) is 11.6. The van der Waals surface area contributed by atoms with Crippen LogP contribution in [0.25, 0.3) is 10.9 Å². The number of anilines is 2. The molecule has 1 aromatic heterocycles. The van der Waals surface area contributed by atoms with Gasteiger partial charge in [0.25, 0.3) is 0 Å². The van der Waals surface area contributed by atoms with Gasteiger partial charge < -0.3 is 20.1 Å². The summed E-state index contributed by atoms with van der Waals surface area (Å²) in [6.45, 7) is 9.06. The fourth-order valence-electron chi connectivity index (χ4n) is 6.03. The number of carbonyl (C=O) groups is 1. The van der Waals surface area contributed by atoms with Gasteiger partial charge >= 0.3 is 18.0 Å². The van der Waals surface area contributed by atoms with Gasteiger partial charge in [0, 0.05) is 47.2 Å². The molecule has 2 N–H and O–H groups in total. The zero-order chi connectivity index (χ0) is 33.2. The molecule has 3 aromatic rings. The normalized spacial score (nSPS) is 23.3. The first-order chi connectivity index (χ1) is 20.9. The van der Waals surface area contributed by atoms with Crippen molar-refractivity contribution in [2.24, 2.45) is 0 Å². The third-order valence-corrected chi connectivity index (χ3v) is 10.6. The molecule has 45 heavy (non-hydrogen) atoms. The lowest BCUT2D eigenvalue weighted by molar-refractivity contribution is -0.137. The van der Waals surface area contributed by atoms with E-state index in [9.17, 15) is 27.2 Å². The van der Waals surface area contributed by atoms with E-state index in [1.807, 2.05) is 0 Å². The first-order valence-corrected chi connectivity index (χ1v) is 15.9. The van der Waals surface area contributed by atoms with E-state index in [0.717, 1.165) is 18.2 Å². The Kier molecular flexibility index (Phi) is 8.49. The Morgan fingerprint density at radius 1 is 1.00 bits per heavy atom. The summed E-state index contributed by atoms with van der Waals surface area (Å²) < 4.78 is 85.3. The van der Waals surface area contributed by atoms with Gasteiger partial charge in [0.2, 0.25) is 0 Å². The average molecular weight is 658 g/mol. The quantitative estimate of drug-likeness (QED) is 0.216. The number of alkyl halides is 3. The van der Waals surface area contributed by atoms with Crippen LogP contribution >= 0.6 is 10.9 Å². The van der Waals surface area contributed by atoms with E-state index >= 15 is 4.39 Å². The predicted octanol–water partition coefficient (Wildman–Crippen LogP) is 5.56. The third-order valence-electron chi connectivity index (χ3n) is 7.94. The highest BCUT2D eigenvalue weighted by Crippen LogP contribution is 2.53. The van der Waals surface area contributed by atoms with Crippen molar-refractivity contribution in [1.82, 2.24) is 14.5 Å². The number of aromatic nitrogens is 2. The molecule has 1 amide bonds. The number of nitrogens with two attached hydrogens (primary N) is 1. The molecule has 15 heteroatoms. The van der Waals surface area contributed by atoms with Crippen LogP contribution in [0.4, 0.5) is 38.3 Å². The Hall–Kier alpha value is -3.59. The summed E-state index contributed by atoms with van der Waals surface area (Å²) in [7, 11) is -0.577. The fraction of sp³-hybridized carbons (Fsp3) is 0.500. The van der Waals surface area contributed by atoms with Crippen molar-refractivity contribution in [3.05, 3.63) is 51.9 Å². The summed E-state index contributed by atoms with van der Waals surface area (Å²) in [4.78, 5) is 34.2. The molecule has 1 fully saturated rings. The van der Waals surface area contributed by atoms with Crippen molar-refractivity contribution < 1.29 is 36.2 Å². The molecule has 2 aliphatic heterocycles. The molecule has 1 saturated heterocycles. The minimum absolute atomic E-state index is 0.0195. The summed E-state index contributed by atoms with van der Waals surface area (Å²) in [5, 5.41) is 0.0456. The minimum Gasteiger partial charge on any atom is -0.444 e. The number of amides is 1. The summed E-state index contributed by atoms with van der Waals surface area (Å²) in [5.74, 6) is -1.88. The average Bonchev–Trinajstić information content (AvgIpc) is 3.08. The van der Waals surface area contributed by atoms with E-state index < -0.39 is 69.8 Å². The van der Waals surface area contributed by atoms with Crippen LogP contribution in [-0.2, 0) is 22.2 Å². The topological polar surface area (TPSA) is 103 Å². The van der Waals surface area contributed by atoms with Crippen LogP contribution in [0.3, 0.4) is 0 Å². The number of hydrogen-bond donors (Lipinski definition) is 2. The number of nitrogen functional groups attached to an aromatic ring is 1. The molecule has 9 nitrogen and oxygen atoms in total. The van der Waals surface area contributed by atoms with Gasteiger partial charge in [-0.2, -0.15) is 29.1 Å². The molecule has 2 aromatic carbocycles. The van der Waals surface area contributed by atoms with E-state index in [1.165, 1.54) is 11.7 Å². The van der Waals surface area contributed by atoms with Crippen LogP contribution in [0.15, 0.2) is 38.9 Å². The summed E-state index contributed by atoms with van der Waals surface area (Å²) >= 11 is 0. The molecule has 4 atom stereocenters. The second-order valence-electron chi connectivity index (χ2n) is 12.5. The zero-order valence-electron chi connectivity index (χ0n) is 25.7. The van der Waals surface area contributed by atoms with Gasteiger partial charge in [-0.3, -0.25) is 9.47 Å². The number of carbonyl (C=O) groups excluding carboxylic acids is 1. The first kappa shape index (κ1) is 32.8. The number of methoxy groups -OCH3 is 1. The molecule has 5 rings (SSSR count). The number of halogens is 5. The van der Waals surface area contributed by atoms with Crippen molar-refractivity contribution in [2.75, 3.05) is 36.6 Å². The molecule has 0 radical (unpaired) electrons. The highest BCUT2D eigenvalue weighted by molar-refractivity contribution is 8.17. The highest BCUT2D eigenvalue weighted by Gasteiger charge is 2.39. The summed E-state index contributed by atoms with van der Waals surface area (Å²) in [6.07, 6.45) is -6.03. The largest absolute Gasteiger partial charge is 0.444 e. The van der Waals surface area contributed by atoms with Crippen LogP contribution in [0.5, 0.6) is 0 Å². The number of piperazine rings is 1. The SMILES string of the molecule is CO[C@H]1Cn2c(=O)nc(N3C[C@@H](C)N(C(=O)OC(C)(C)C)[C@@H](C)C3)c3cc(C(F)(F)F)cc(c32)[SH](c2cc(N)c(F)cc2F)C1. The zero-order valence-corrected chi connectivity index (χ0v) is 26.6. The number of benzene rings is 2. The lowest BCUT2D eigenvalue weighted by Gasteiger charge is -2.45. The maximum Gasteiger partial charge on any atom is 0.416 e. The highest BCUT2D eigenvalue weighted by atomic mass is 32.2. The molecule has 246 valence electrons. The maximum atomic E-state index is 15.3. The Bertz CT molecular complexity index is 1700. The molecular formula is C30H36F5N5O4S. The number of hydrogen-bond acceptors (Lipinski definition) is 7. The molecule has 0 aliphatic carbocycles. The van der Waals surface area contributed by atoms with Gasteiger partial charge in [-0.25, -0.2) is 18.4 Å². The van der Waals surface area contributed by atoms with Gasteiger partial charge in [-0.1, -0.05) is 0 Å². The van der Waals surface area contributed by atoms with Crippen molar-refractivity contribution in [2.45, 2.75) is 80.9 Å². The third kappa shape index (κ3) is 6.28. The van der Waals surface area contributed by atoms with Crippen molar-refractivity contribution in [3.8, 4) is 0 Å². The summed E-state index contributed by atoms with van der Waals surface area (Å²) in [6, 6.07) is 2.69. The Morgan fingerprint density at radius 2 is 1.64 bits per heavy atom. The van der Waals surface area contributed by atoms with Gasteiger partial charge in [0.05, 0.1) is 41.5 Å². The van der Waals surface area contributed by atoms with Crippen LogP contribution in [0.2, 0.25) is 0 Å². The van der Waals surface area contributed by atoms with Gasteiger partial charge in [0.1, 0.15) is 23.1 Å².